The van der Waals surface area contributed by atoms with Crippen molar-refractivity contribution in [3.8, 4) is 0 Å². The highest BCUT2D eigenvalue weighted by atomic mass is 19.1. The lowest BCUT2D eigenvalue weighted by Crippen LogP contribution is -2.15. The smallest absolute Gasteiger partial charge is 0.168 e. The monoisotopic (exact) mass is 241 g/mol. The summed E-state index contributed by atoms with van der Waals surface area (Å²) in [5.41, 5.74) is 2.81. The topological polar surface area (TPSA) is 30.0 Å². The molecule has 1 heterocycles. The molecule has 0 bridgehead atoms. The first-order valence-electron chi connectivity index (χ1n) is 5.95. The predicted molar refractivity (Wildman–Crippen MR) is 65.9 cm³/mol. The Labute approximate surface area is 104 Å². The minimum atomic E-state index is -0.462. The standard InChI is InChI=1S/C15H12FNO/c16-14-7-13(8-17-9-14)15(18)12-5-10-3-1-2-4-11(10)6-12/h1-4,7-9,12H,5-6H2. The number of fused-ring (bicyclic) bond motifs is 1. The first-order chi connectivity index (χ1) is 8.74. The fourth-order valence-corrected chi connectivity index (χ4v) is 2.53. The lowest BCUT2D eigenvalue weighted by atomic mass is 9.96. The molecule has 0 amide bonds. The highest BCUT2D eigenvalue weighted by molar-refractivity contribution is 5.98. The van der Waals surface area contributed by atoms with Crippen molar-refractivity contribution in [2.24, 2.45) is 5.92 Å². The second-order valence-electron chi connectivity index (χ2n) is 4.63. The Bertz CT molecular complexity index is 584. The Balaban J connectivity index is 1.84. The predicted octanol–water partition coefficient (Wildman–Crippen LogP) is 2.82. The van der Waals surface area contributed by atoms with Gasteiger partial charge in [-0.05, 0) is 30.0 Å². The second kappa shape index (κ2) is 4.33. The molecule has 0 unspecified atom stereocenters. The number of carbonyl (C=O) groups is 1. The molecule has 0 saturated carbocycles. The molecule has 0 saturated heterocycles. The van der Waals surface area contributed by atoms with Crippen molar-refractivity contribution in [2.45, 2.75) is 12.8 Å². The number of benzene rings is 1. The molecule has 90 valence electrons. The van der Waals surface area contributed by atoms with Crippen LogP contribution in [0.1, 0.15) is 21.5 Å². The Hall–Kier alpha value is -2.03. The van der Waals surface area contributed by atoms with Gasteiger partial charge in [0.05, 0.1) is 6.20 Å². The molecule has 0 spiro atoms. The highest BCUT2D eigenvalue weighted by Crippen LogP contribution is 2.28. The molecular weight excluding hydrogens is 229 g/mol. The Morgan fingerprint density at radius 1 is 1.17 bits per heavy atom. The molecule has 0 aliphatic heterocycles. The van der Waals surface area contributed by atoms with Crippen molar-refractivity contribution in [3.05, 3.63) is 65.2 Å². The Kier molecular flexibility index (Phi) is 2.67. The lowest BCUT2D eigenvalue weighted by Gasteiger charge is -2.07. The Morgan fingerprint density at radius 3 is 2.44 bits per heavy atom. The molecule has 1 aliphatic rings. The number of carbonyl (C=O) groups excluding carboxylic acids is 1. The van der Waals surface area contributed by atoms with E-state index >= 15 is 0 Å². The molecule has 3 rings (SSSR count). The third-order valence-electron chi connectivity index (χ3n) is 3.41. The molecule has 0 atom stereocenters. The fraction of sp³-hybridized carbons (Fsp3) is 0.200. The summed E-state index contributed by atoms with van der Waals surface area (Å²) in [6.07, 6.45) is 4.03. The summed E-state index contributed by atoms with van der Waals surface area (Å²) in [4.78, 5) is 16.0. The van der Waals surface area contributed by atoms with E-state index < -0.39 is 5.82 Å². The van der Waals surface area contributed by atoms with Crippen LogP contribution in [0.5, 0.6) is 0 Å². The fourth-order valence-electron chi connectivity index (χ4n) is 2.53. The second-order valence-corrected chi connectivity index (χ2v) is 4.63. The van der Waals surface area contributed by atoms with E-state index in [0.29, 0.717) is 5.56 Å². The summed E-state index contributed by atoms with van der Waals surface area (Å²) in [5, 5.41) is 0. The van der Waals surface area contributed by atoms with Gasteiger partial charge in [0.25, 0.3) is 0 Å². The Morgan fingerprint density at radius 2 is 1.83 bits per heavy atom. The van der Waals surface area contributed by atoms with Crippen LogP contribution < -0.4 is 0 Å². The van der Waals surface area contributed by atoms with Crippen molar-refractivity contribution in [2.75, 3.05) is 0 Å². The number of ketones is 1. The van der Waals surface area contributed by atoms with Crippen LogP contribution in [-0.2, 0) is 12.8 Å². The van der Waals surface area contributed by atoms with Crippen LogP contribution in [0.15, 0.2) is 42.7 Å². The molecule has 18 heavy (non-hydrogen) atoms. The molecule has 0 N–H and O–H groups in total. The number of pyridine rings is 1. The number of nitrogens with zero attached hydrogens (tertiary/aromatic N) is 1. The molecule has 2 aromatic rings. The van der Waals surface area contributed by atoms with Crippen molar-refractivity contribution < 1.29 is 9.18 Å². The van der Waals surface area contributed by atoms with Crippen LogP contribution in [0.2, 0.25) is 0 Å². The summed E-state index contributed by atoms with van der Waals surface area (Å²) < 4.78 is 13.1. The van der Waals surface area contributed by atoms with Gasteiger partial charge in [-0.3, -0.25) is 9.78 Å². The first kappa shape index (κ1) is 11.1. The maximum Gasteiger partial charge on any atom is 0.168 e. The van der Waals surface area contributed by atoms with E-state index in [1.54, 1.807) is 0 Å². The van der Waals surface area contributed by atoms with E-state index in [1.807, 2.05) is 24.3 Å². The number of rotatable bonds is 2. The van der Waals surface area contributed by atoms with E-state index in [9.17, 15) is 9.18 Å². The van der Waals surface area contributed by atoms with E-state index in [2.05, 4.69) is 4.98 Å². The number of hydrogen-bond acceptors (Lipinski definition) is 2. The molecule has 1 aromatic heterocycles. The summed E-state index contributed by atoms with van der Waals surface area (Å²) in [5.74, 6) is -0.555. The van der Waals surface area contributed by atoms with Crippen LogP contribution in [0.3, 0.4) is 0 Å². The van der Waals surface area contributed by atoms with Crippen LogP contribution >= 0.6 is 0 Å². The summed E-state index contributed by atoms with van der Waals surface area (Å²) >= 11 is 0. The average Bonchev–Trinajstić information content (AvgIpc) is 2.81. The molecular formula is C15H12FNO. The minimum Gasteiger partial charge on any atom is -0.294 e. The van der Waals surface area contributed by atoms with Gasteiger partial charge in [-0.1, -0.05) is 24.3 Å². The van der Waals surface area contributed by atoms with Crippen LogP contribution in [0, 0.1) is 11.7 Å². The van der Waals surface area contributed by atoms with Crippen LogP contribution in [-0.4, -0.2) is 10.8 Å². The third-order valence-corrected chi connectivity index (χ3v) is 3.41. The van der Waals surface area contributed by atoms with E-state index in [0.717, 1.165) is 19.0 Å². The molecule has 1 aliphatic carbocycles. The van der Waals surface area contributed by atoms with Crippen molar-refractivity contribution in [1.29, 1.82) is 0 Å². The summed E-state index contributed by atoms with van der Waals surface area (Å²) in [7, 11) is 0. The number of aromatic nitrogens is 1. The number of hydrogen-bond donors (Lipinski definition) is 0. The zero-order valence-corrected chi connectivity index (χ0v) is 9.77. The van der Waals surface area contributed by atoms with Gasteiger partial charge >= 0.3 is 0 Å². The molecule has 3 heteroatoms. The van der Waals surface area contributed by atoms with Gasteiger partial charge in [0.15, 0.2) is 5.78 Å². The lowest BCUT2D eigenvalue weighted by molar-refractivity contribution is 0.0924. The third kappa shape index (κ3) is 1.92. The van der Waals surface area contributed by atoms with E-state index in [4.69, 9.17) is 0 Å². The highest BCUT2D eigenvalue weighted by Gasteiger charge is 2.28. The van der Waals surface area contributed by atoms with Crippen molar-refractivity contribution in [3.63, 3.8) is 0 Å². The van der Waals surface area contributed by atoms with Gasteiger partial charge in [0, 0.05) is 17.7 Å². The maximum atomic E-state index is 13.1. The molecule has 0 radical (unpaired) electrons. The van der Waals surface area contributed by atoms with Gasteiger partial charge < -0.3 is 0 Å². The van der Waals surface area contributed by atoms with Gasteiger partial charge in [-0.15, -0.1) is 0 Å². The van der Waals surface area contributed by atoms with Crippen molar-refractivity contribution in [1.82, 2.24) is 4.98 Å². The zero-order chi connectivity index (χ0) is 12.5. The number of halogens is 1. The van der Waals surface area contributed by atoms with Crippen LogP contribution in [0.25, 0.3) is 0 Å². The van der Waals surface area contributed by atoms with E-state index in [-0.39, 0.29) is 11.7 Å². The maximum absolute atomic E-state index is 13.1. The normalized spacial score (nSPS) is 14.5. The van der Waals surface area contributed by atoms with Crippen molar-refractivity contribution >= 4 is 5.78 Å². The van der Waals surface area contributed by atoms with Gasteiger partial charge in [0.1, 0.15) is 5.82 Å². The average molecular weight is 241 g/mol. The number of Topliss-reactive ketones (excluding diaryl/α,β-unsaturated/α-hetero) is 1. The summed E-state index contributed by atoms with van der Waals surface area (Å²) in [6, 6.07) is 9.32. The van der Waals surface area contributed by atoms with E-state index in [1.165, 1.54) is 23.4 Å². The van der Waals surface area contributed by atoms with Gasteiger partial charge in [-0.25, -0.2) is 4.39 Å². The largest absolute Gasteiger partial charge is 0.294 e. The van der Waals surface area contributed by atoms with Gasteiger partial charge in [0.2, 0.25) is 0 Å². The SMILES string of the molecule is O=C(c1cncc(F)c1)C1Cc2ccccc2C1. The minimum absolute atomic E-state index is 0.0156. The molecule has 2 nitrogen and oxygen atoms in total. The zero-order valence-electron chi connectivity index (χ0n) is 9.77. The quantitative estimate of drug-likeness (QED) is 0.757. The first-order valence-corrected chi connectivity index (χ1v) is 5.95. The van der Waals surface area contributed by atoms with Crippen LogP contribution in [0.4, 0.5) is 4.39 Å². The molecule has 1 aromatic carbocycles. The van der Waals surface area contributed by atoms with Gasteiger partial charge in [-0.2, -0.15) is 0 Å². The molecule has 0 fully saturated rings. The summed E-state index contributed by atoms with van der Waals surface area (Å²) in [6.45, 7) is 0.